The van der Waals surface area contributed by atoms with Crippen LogP contribution in [-0.2, 0) is 22.7 Å². The number of likely N-dealkylation sites (tertiary alicyclic amines) is 1. The highest BCUT2D eigenvalue weighted by atomic mass is 16.5. The Balaban J connectivity index is 1.92. The zero-order valence-electron chi connectivity index (χ0n) is 13.1. The molecule has 0 bridgehead atoms. The van der Waals surface area contributed by atoms with Gasteiger partial charge in [-0.2, -0.15) is 4.98 Å². The van der Waals surface area contributed by atoms with Crippen LogP contribution in [0, 0.1) is 5.92 Å². The first kappa shape index (κ1) is 16.9. The molecule has 0 unspecified atom stereocenters. The molecule has 1 aliphatic rings. The number of amides is 1. The lowest BCUT2D eigenvalue weighted by molar-refractivity contribution is -0.124. The van der Waals surface area contributed by atoms with Crippen LogP contribution in [0.4, 0.5) is 0 Å². The Hall–Kier alpha value is -1.51. The summed E-state index contributed by atoms with van der Waals surface area (Å²) in [5.41, 5.74) is 0. The maximum absolute atomic E-state index is 11.4. The van der Waals surface area contributed by atoms with Gasteiger partial charge in [-0.15, -0.1) is 0 Å². The summed E-state index contributed by atoms with van der Waals surface area (Å²) in [5, 5.41) is 15.6. The van der Waals surface area contributed by atoms with Gasteiger partial charge in [0, 0.05) is 26.2 Å². The molecule has 1 aromatic heterocycles. The maximum Gasteiger partial charge on any atom is 0.245 e. The van der Waals surface area contributed by atoms with Crippen LogP contribution in [0.15, 0.2) is 4.52 Å². The average Bonchev–Trinajstić information content (AvgIpc) is 3.08. The number of hydrogen-bond donors (Lipinski definition) is 2. The Kier molecular flexibility index (Phi) is 6.29. The van der Waals surface area contributed by atoms with E-state index in [4.69, 9.17) is 14.4 Å². The van der Waals surface area contributed by atoms with Gasteiger partial charge in [0.2, 0.25) is 11.8 Å². The standard InChI is InChI=1S/C14H24N4O4/c1-3-4-10-5-18(6-11(10)15-13(20)8-19)7-14-16-12(9-21-2)17-22-14/h10-11,19H,3-9H2,1-2H3,(H,15,20)/t10-,11-/m0/s1. The van der Waals surface area contributed by atoms with Crippen molar-refractivity contribution in [3.63, 3.8) is 0 Å². The lowest BCUT2D eigenvalue weighted by Gasteiger charge is -2.18. The number of ether oxygens (including phenoxy) is 1. The lowest BCUT2D eigenvalue weighted by atomic mass is 9.98. The second-order valence-corrected chi connectivity index (χ2v) is 5.61. The molecule has 2 N–H and O–H groups in total. The zero-order valence-corrected chi connectivity index (χ0v) is 13.1. The summed E-state index contributed by atoms with van der Waals surface area (Å²) in [5.74, 6) is 1.14. The fraction of sp³-hybridized carbons (Fsp3) is 0.786. The molecule has 0 aliphatic carbocycles. The van der Waals surface area contributed by atoms with Crippen molar-refractivity contribution in [3.8, 4) is 0 Å². The Morgan fingerprint density at radius 1 is 1.55 bits per heavy atom. The number of hydrogen-bond acceptors (Lipinski definition) is 7. The van der Waals surface area contributed by atoms with Crippen LogP contribution in [0.5, 0.6) is 0 Å². The molecule has 2 atom stereocenters. The summed E-state index contributed by atoms with van der Waals surface area (Å²) in [6.07, 6.45) is 2.09. The average molecular weight is 312 g/mol. The lowest BCUT2D eigenvalue weighted by Crippen LogP contribution is -2.41. The minimum atomic E-state index is -0.473. The number of aliphatic hydroxyl groups excluding tert-OH is 1. The molecule has 1 fully saturated rings. The van der Waals surface area contributed by atoms with Crippen LogP contribution in [0.25, 0.3) is 0 Å². The molecule has 0 spiro atoms. The van der Waals surface area contributed by atoms with Gasteiger partial charge in [-0.25, -0.2) is 0 Å². The molecule has 2 rings (SSSR count). The zero-order chi connectivity index (χ0) is 15.9. The number of methoxy groups -OCH3 is 1. The van der Waals surface area contributed by atoms with Gasteiger partial charge in [0.25, 0.3) is 0 Å². The molecule has 0 radical (unpaired) electrons. The van der Waals surface area contributed by atoms with E-state index in [2.05, 4.69) is 27.3 Å². The quantitative estimate of drug-likeness (QED) is 0.692. The summed E-state index contributed by atoms with van der Waals surface area (Å²) >= 11 is 0. The maximum atomic E-state index is 11.4. The third kappa shape index (κ3) is 4.49. The molecule has 124 valence electrons. The van der Waals surface area contributed by atoms with Crippen molar-refractivity contribution in [2.75, 3.05) is 26.8 Å². The smallest absolute Gasteiger partial charge is 0.245 e. The summed E-state index contributed by atoms with van der Waals surface area (Å²) in [6.45, 7) is 4.13. The van der Waals surface area contributed by atoms with Crippen molar-refractivity contribution in [2.24, 2.45) is 5.92 Å². The van der Waals surface area contributed by atoms with Gasteiger partial charge in [-0.05, 0) is 12.3 Å². The molecule has 2 heterocycles. The van der Waals surface area contributed by atoms with Gasteiger partial charge in [0.05, 0.1) is 6.54 Å². The van der Waals surface area contributed by atoms with Crippen molar-refractivity contribution in [1.82, 2.24) is 20.4 Å². The fourth-order valence-electron chi connectivity index (χ4n) is 2.90. The van der Waals surface area contributed by atoms with Crippen molar-refractivity contribution in [2.45, 2.75) is 39.0 Å². The van der Waals surface area contributed by atoms with Crippen molar-refractivity contribution >= 4 is 5.91 Å². The van der Waals surface area contributed by atoms with Gasteiger partial charge >= 0.3 is 0 Å². The Morgan fingerprint density at radius 3 is 3.05 bits per heavy atom. The minimum Gasteiger partial charge on any atom is -0.387 e. The second kappa shape index (κ2) is 8.21. The van der Waals surface area contributed by atoms with Crippen molar-refractivity contribution in [1.29, 1.82) is 0 Å². The van der Waals surface area contributed by atoms with Gasteiger partial charge in [-0.3, -0.25) is 9.69 Å². The van der Waals surface area contributed by atoms with Crippen LogP contribution in [-0.4, -0.2) is 58.9 Å². The van der Waals surface area contributed by atoms with Crippen LogP contribution < -0.4 is 5.32 Å². The van der Waals surface area contributed by atoms with E-state index >= 15 is 0 Å². The van der Waals surface area contributed by atoms with Crippen molar-refractivity contribution in [3.05, 3.63) is 11.7 Å². The molecule has 0 saturated carbocycles. The molecule has 8 nitrogen and oxygen atoms in total. The van der Waals surface area contributed by atoms with Crippen LogP contribution in [0.2, 0.25) is 0 Å². The predicted octanol–water partition coefficient (Wildman–Crippen LogP) is -0.0750. The van der Waals surface area contributed by atoms with Crippen LogP contribution in [0.1, 0.15) is 31.5 Å². The Morgan fingerprint density at radius 2 is 2.36 bits per heavy atom. The summed E-state index contributed by atoms with van der Waals surface area (Å²) < 4.78 is 10.2. The molecular weight excluding hydrogens is 288 g/mol. The topological polar surface area (TPSA) is 101 Å². The second-order valence-electron chi connectivity index (χ2n) is 5.61. The van der Waals surface area contributed by atoms with E-state index < -0.39 is 6.61 Å². The van der Waals surface area contributed by atoms with E-state index in [1.54, 1.807) is 7.11 Å². The molecule has 0 aromatic carbocycles. The predicted molar refractivity (Wildman–Crippen MR) is 77.7 cm³/mol. The number of rotatable bonds is 8. The first-order chi connectivity index (χ1) is 10.7. The van der Waals surface area contributed by atoms with Gasteiger partial charge in [0.1, 0.15) is 13.2 Å². The fourth-order valence-corrected chi connectivity index (χ4v) is 2.90. The monoisotopic (exact) mass is 312 g/mol. The molecular formula is C14H24N4O4. The van der Waals surface area contributed by atoms with E-state index in [1.165, 1.54) is 0 Å². The Bertz CT molecular complexity index is 479. The summed E-state index contributed by atoms with van der Waals surface area (Å²) in [7, 11) is 1.58. The summed E-state index contributed by atoms with van der Waals surface area (Å²) in [4.78, 5) is 17.9. The van der Waals surface area contributed by atoms with E-state index in [-0.39, 0.29) is 11.9 Å². The third-order valence-electron chi connectivity index (χ3n) is 3.81. The SMILES string of the molecule is CCC[C@H]1CN(Cc2nc(COC)no2)C[C@@H]1NC(=O)CO. The number of carbonyl (C=O) groups is 1. The normalized spacial score (nSPS) is 22.1. The molecule has 1 aliphatic heterocycles. The van der Waals surface area contributed by atoms with Gasteiger partial charge < -0.3 is 19.7 Å². The van der Waals surface area contributed by atoms with E-state index in [9.17, 15) is 4.79 Å². The van der Waals surface area contributed by atoms with Crippen molar-refractivity contribution < 1.29 is 19.2 Å². The Labute approximate surface area is 129 Å². The first-order valence-corrected chi connectivity index (χ1v) is 7.59. The number of aromatic nitrogens is 2. The number of nitrogens with zero attached hydrogens (tertiary/aromatic N) is 3. The molecule has 22 heavy (non-hydrogen) atoms. The number of carbonyl (C=O) groups excluding carboxylic acids is 1. The molecule has 8 heteroatoms. The molecule has 1 aromatic rings. The first-order valence-electron chi connectivity index (χ1n) is 7.59. The molecule has 1 amide bonds. The minimum absolute atomic E-state index is 0.0565. The van der Waals surface area contributed by atoms with Gasteiger partial charge in [-0.1, -0.05) is 18.5 Å². The highest BCUT2D eigenvalue weighted by Crippen LogP contribution is 2.23. The van der Waals surface area contributed by atoms with Crippen LogP contribution >= 0.6 is 0 Å². The summed E-state index contributed by atoms with van der Waals surface area (Å²) in [6, 6.07) is 0.0565. The van der Waals surface area contributed by atoms with E-state index in [0.717, 1.165) is 25.9 Å². The largest absolute Gasteiger partial charge is 0.387 e. The van der Waals surface area contributed by atoms with Crippen LogP contribution in [0.3, 0.4) is 0 Å². The molecule has 1 saturated heterocycles. The third-order valence-corrected chi connectivity index (χ3v) is 3.81. The van der Waals surface area contributed by atoms with Gasteiger partial charge in [0.15, 0.2) is 5.82 Å². The van der Waals surface area contributed by atoms with E-state index in [1.807, 2.05) is 0 Å². The number of aliphatic hydroxyl groups is 1. The number of nitrogens with one attached hydrogen (secondary N) is 1. The highest BCUT2D eigenvalue weighted by molar-refractivity contribution is 5.77. The van der Waals surface area contributed by atoms with E-state index in [0.29, 0.717) is 30.8 Å². The highest BCUT2D eigenvalue weighted by Gasteiger charge is 2.33.